The number of nitrogens with zero attached hydrogens (tertiary/aromatic N) is 2. The molecule has 0 amide bonds. The van der Waals surface area contributed by atoms with E-state index in [0.29, 0.717) is 28.6 Å². The van der Waals surface area contributed by atoms with Crippen LogP contribution in [0.5, 0.6) is 0 Å². The van der Waals surface area contributed by atoms with E-state index in [-0.39, 0.29) is 5.56 Å². The maximum atomic E-state index is 13.5. The van der Waals surface area contributed by atoms with Crippen molar-refractivity contribution in [2.24, 2.45) is 0 Å². The quantitative estimate of drug-likeness (QED) is 0.584. The Morgan fingerprint density at radius 3 is 2.40 bits per heavy atom. The van der Waals surface area contributed by atoms with Crippen molar-refractivity contribution in [3.05, 3.63) is 46.1 Å². The lowest BCUT2D eigenvalue weighted by Gasteiger charge is -2.10. The third-order valence-electron chi connectivity index (χ3n) is 2.63. The van der Waals surface area contributed by atoms with Crippen LogP contribution in [-0.4, -0.2) is 9.97 Å². The van der Waals surface area contributed by atoms with Crippen LogP contribution in [0.2, 0.25) is 0 Å². The van der Waals surface area contributed by atoms with Crippen LogP contribution in [0.15, 0.2) is 28.9 Å². The molecule has 0 spiro atoms. The Hall–Kier alpha value is -1.50. The van der Waals surface area contributed by atoms with Crippen LogP contribution in [0, 0.1) is 5.82 Å². The Morgan fingerprint density at radius 1 is 1.15 bits per heavy atom. The van der Waals surface area contributed by atoms with Crippen LogP contribution in [0.3, 0.4) is 0 Å². The average Bonchev–Trinajstić information content (AvgIpc) is 2.36. The second kappa shape index (κ2) is 5.47. The Bertz CT molecular complexity index is 641. The molecule has 0 saturated heterocycles. The van der Waals surface area contributed by atoms with Crippen LogP contribution >= 0.6 is 15.9 Å². The van der Waals surface area contributed by atoms with E-state index in [0.717, 1.165) is 6.07 Å². The summed E-state index contributed by atoms with van der Waals surface area (Å²) in [4.78, 5) is 8.26. The summed E-state index contributed by atoms with van der Waals surface area (Å²) in [5, 5.41) is 0. The van der Waals surface area contributed by atoms with Crippen molar-refractivity contribution < 1.29 is 17.6 Å². The standard InChI is InChI=1S/C13H9BrF4N2/c1-2-12-19-10(6-11(14)20-12)7-3-4-8(9(15)5-7)13(16,17)18/h3-6H,2H2,1H3. The van der Waals surface area contributed by atoms with Crippen molar-refractivity contribution in [1.29, 1.82) is 0 Å². The molecule has 2 rings (SSSR count). The molecule has 0 aliphatic heterocycles. The first kappa shape index (κ1) is 14.9. The maximum Gasteiger partial charge on any atom is 0.419 e. The van der Waals surface area contributed by atoms with Crippen LogP contribution in [0.4, 0.5) is 17.6 Å². The van der Waals surface area contributed by atoms with Crippen molar-refractivity contribution in [3.63, 3.8) is 0 Å². The van der Waals surface area contributed by atoms with Crippen LogP contribution < -0.4 is 0 Å². The summed E-state index contributed by atoms with van der Waals surface area (Å²) in [6.07, 6.45) is -4.14. The fourth-order valence-corrected chi connectivity index (χ4v) is 2.10. The molecular formula is C13H9BrF4N2. The molecule has 2 nitrogen and oxygen atoms in total. The summed E-state index contributed by atoms with van der Waals surface area (Å²) in [7, 11) is 0. The van der Waals surface area contributed by atoms with E-state index >= 15 is 0 Å². The van der Waals surface area contributed by atoms with Gasteiger partial charge in [0.2, 0.25) is 0 Å². The van der Waals surface area contributed by atoms with E-state index in [4.69, 9.17) is 0 Å². The molecule has 1 aromatic heterocycles. The molecular weight excluding hydrogens is 340 g/mol. The Labute approximate surface area is 121 Å². The third-order valence-corrected chi connectivity index (χ3v) is 3.03. The van der Waals surface area contributed by atoms with E-state index in [1.807, 2.05) is 6.92 Å². The fourth-order valence-electron chi connectivity index (χ4n) is 1.68. The number of benzene rings is 1. The van der Waals surface area contributed by atoms with Gasteiger partial charge >= 0.3 is 6.18 Å². The van der Waals surface area contributed by atoms with Crippen molar-refractivity contribution in [2.75, 3.05) is 0 Å². The van der Waals surface area contributed by atoms with Gasteiger partial charge in [-0.1, -0.05) is 13.0 Å². The first-order valence-corrected chi connectivity index (χ1v) is 6.51. The highest BCUT2D eigenvalue weighted by Crippen LogP contribution is 2.33. The van der Waals surface area contributed by atoms with Gasteiger partial charge in [-0.05, 0) is 34.1 Å². The summed E-state index contributed by atoms with van der Waals surface area (Å²) in [5.74, 6) is -0.794. The van der Waals surface area contributed by atoms with E-state index in [2.05, 4.69) is 25.9 Å². The van der Waals surface area contributed by atoms with E-state index in [1.165, 1.54) is 12.1 Å². The monoisotopic (exact) mass is 348 g/mol. The lowest BCUT2D eigenvalue weighted by molar-refractivity contribution is -0.139. The van der Waals surface area contributed by atoms with Crippen molar-refractivity contribution in [1.82, 2.24) is 9.97 Å². The summed E-state index contributed by atoms with van der Waals surface area (Å²) in [6, 6.07) is 4.27. The molecule has 106 valence electrons. The zero-order chi connectivity index (χ0) is 14.9. The summed E-state index contributed by atoms with van der Waals surface area (Å²) < 4.78 is 51.5. The van der Waals surface area contributed by atoms with Gasteiger partial charge in [0.05, 0.1) is 11.3 Å². The van der Waals surface area contributed by atoms with Gasteiger partial charge in [-0.2, -0.15) is 13.2 Å². The molecule has 2 aromatic rings. The van der Waals surface area contributed by atoms with Crippen molar-refractivity contribution in [3.8, 4) is 11.3 Å². The molecule has 0 unspecified atom stereocenters. The minimum absolute atomic E-state index is 0.272. The normalized spacial score (nSPS) is 11.7. The van der Waals surface area contributed by atoms with Gasteiger partial charge in [0.1, 0.15) is 16.2 Å². The Kier molecular flexibility index (Phi) is 4.08. The molecule has 7 heteroatoms. The number of hydrogen-bond donors (Lipinski definition) is 0. The Balaban J connectivity index is 2.49. The number of alkyl halides is 3. The summed E-state index contributed by atoms with van der Waals surface area (Å²) in [5.41, 5.74) is -0.644. The van der Waals surface area contributed by atoms with Gasteiger partial charge in [-0.15, -0.1) is 0 Å². The van der Waals surface area contributed by atoms with Crippen LogP contribution in [-0.2, 0) is 12.6 Å². The molecule has 0 radical (unpaired) electrons. The van der Waals surface area contributed by atoms with E-state index < -0.39 is 17.6 Å². The highest BCUT2D eigenvalue weighted by atomic mass is 79.9. The molecule has 0 aliphatic rings. The van der Waals surface area contributed by atoms with Gasteiger partial charge in [0.25, 0.3) is 0 Å². The number of halogens is 5. The average molecular weight is 349 g/mol. The molecule has 0 atom stereocenters. The second-order valence-corrected chi connectivity index (χ2v) is 4.85. The lowest BCUT2D eigenvalue weighted by Crippen LogP contribution is -2.08. The first-order valence-electron chi connectivity index (χ1n) is 5.72. The minimum atomic E-state index is -4.70. The molecule has 1 aromatic carbocycles. The van der Waals surface area contributed by atoms with Crippen LogP contribution in [0.25, 0.3) is 11.3 Å². The topological polar surface area (TPSA) is 25.8 Å². The van der Waals surface area contributed by atoms with Gasteiger partial charge in [0.15, 0.2) is 0 Å². The van der Waals surface area contributed by atoms with Gasteiger partial charge in [-0.25, -0.2) is 14.4 Å². The predicted molar refractivity (Wildman–Crippen MR) is 69.5 cm³/mol. The predicted octanol–water partition coefficient (Wildman–Crippen LogP) is 4.63. The molecule has 0 saturated carbocycles. The van der Waals surface area contributed by atoms with Crippen molar-refractivity contribution >= 4 is 15.9 Å². The molecule has 20 heavy (non-hydrogen) atoms. The maximum absolute atomic E-state index is 13.5. The Morgan fingerprint density at radius 2 is 1.85 bits per heavy atom. The van der Waals surface area contributed by atoms with Gasteiger partial charge in [0, 0.05) is 12.0 Å². The highest BCUT2D eigenvalue weighted by molar-refractivity contribution is 9.10. The molecule has 0 fully saturated rings. The molecule has 0 N–H and O–H groups in total. The number of aromatic nitrogens is 2. The number of hydrogen-bond acceptors (Lipinski definition) is 2. The van der Waals surface area contributed by atoms with E-state index in [1.54, 1.807) is 0 Å². The number of aryl methyl sites for hydroxylation is 1. The minimum Gasteiger partial charge on any atom is -0.233 e. The van der Waals surface area contributed by atoms with Gasteiger partial charge < -0.3 is 0 Å². The summed E-state index contributed by atoms with van der Waals surface area (Å²) >= 11 is 3.19. The van der Waals surface area contributed by atoms with E-state index in [9.17, 15) is 17.6 Å². The third kappa shape index (κ3) is 3.15. The molecule has 0 aliphatic carbocycles. The van der Waals surface area contributed by atoms with Crippen molar-refractivity contribution in [2.45, 2.75) is 19.5 Å². The fraction of sp³-hybridized carbons (Fsp3) is 0.231. The number of rotatable bonds is 2. The highest BCUT2D eigenvalue weighted by Gasteiger charge is 2.34. The molecule has 0 bridgehead atoms. The smallest absolute Gasteiger partial charge is 0.233 e. The zero-order valence-electron chi connectivity index (χ0n) is 10.3. The van der Waals surface area contributed by atoms with Gasteiger partial charge in [-0.3, -0.25) is 0 Å². The van der Waals surface area contributed by atoms with Crippen LogP contribution in [0.1, 0.15) is 18.3 Å². The summed E-state index contributed by atoms with van der Waals surface area (Å²) in [6.45, 7) is 1.85. The SMILES string of the molecule is CCc1nc(Br)cc(-c2ccc(C(F)(F)F)c(F)c2)n1. The largest absolute Gasteiger partial charge is 0.419 e. The first-order chi connectivity index (χ1) is 9.31. The zero-order valence-corrected chi connectivity index (χ0v) is 11.9. The second-order valence-electron chi connectivity index (χ2n) is 4.04. The molecule has 1 heterocycles. The lowest BCUT2D eigenvalue weighted by atomic mass is 10.1.